The van der Waals surface area contributed by atoms with E-state index in [0.29, 0.717) is 24.4 Å². The lowest BCUT2D eigenvalue weighted by Crippen LogP contribution is -1.90. The van der Waals surface area contributed by atoms with E-state index in [1.807, 2.05) is 0 Å². The minimum absolute atomic E-state index is 0.690. The van der Waals surface area contributed by atoms with Gasteiger partial charge in [0.1, 0.15) is 0 Å². The summed E-state index contributed by atoms with van der Waals surface area (Å²) in [7, 11) is 0. The Labute approximate surface area is 123 Å². The first kappa shape index (κ1) is 14.6. The van der Waals surface area contributed by atoms with Gasteiger partial charge in [-0.05, 0) is 56.3 Å². The summed E-state index contributed by atoms with van der Waals surface area (Å²) in [6, 6.07) is 0. The van der Waals surface area contributed by atoms with E-state index < -0.39 is 0 Å². The molecule has 0 aromatic heterocycles. The largest absolute Gasteiger partial charge is 0.370 e. The minimum Gasteiger partial charge on any atom is -0.370 e. The average molecular weight is 278 g/mol. The molecule has 2 nitrogen and oxygen atoms in total. The molecular weight excluding hydrogens is 248 g/mol. The fraction of sp³-hybridized carbons (Fsp3) is 0.889. The number of fused-ring (bicyclic) bond motifs is 2. The summed E-state index contributed by atoms with van der Waals surface area (Å²) in [4.78, 5) is 0. The topological polar surface area (TPSA) is 25.1 Å². The summed E-state index contributed by atoms with van der Waals surface area (Å²) < 4.78 is 10.4. The first-order valence-electron chi connectivity index (χ1n) is 8.57. The van der Waals surface area contributed by atoms with Crippen molar-refractivity contribution in [3.8, 4) is 0 Å². The Morgan fingerprint density at radius 3 is 1.10 bits per heavy atom. The van der Waals surface area contributed by atoms with Gasteiger partial charge in [-0.3, -0.25) is 0 Å². The van der Waals surface area contributed by atoms with E-state index in [4.69, 9.17) is 9.47 Å². The van der Waals surface area contributed by atoms with Crippen LogP contribution in [0.2, 0.25) is 0 Å². The van der Waals surface area contributed by atoms with Crippen LogP contribution in [-0.4, -0.2) is 24.4 Å². The highest BCUT2D eigenvalue weighted by atomic mass is 16.6. The third-order valence-electron chi connectivity index (χ3n) is 5.16. The maximum absolute atomic E-state index is 5.22. The van der Waals surface area contributed by atoms with Crippen LogP contribution in [0.5, 0.6) is 0 Å². The molecule has 0 N–H and O–H groups in total. The fourth-order valence-electron chi connectivity index (χ4n) is 3.72. The summed E-state index contributed by atoms with van der Waals surface area (Å²) in [5.41, 5.74) is 0. The van der Waals surface area contributed by atoms with Gasteiger partial charge in [-0.1, -0.05) is 32.9 Å². The zero-order valence-corrected chi connectivity index (χ0v) is 13.3. The number of allylic oxidation sites excluding steroid dienone is 2. The molecule has 3 aliphatic carbocycles. The van der Waals surface area contributed by atoms with Gasteiger partial charge < -0.3 is 9.47 Å². The Hall–Kier alpha value is -0.340. The molecule has 2 heteroatoms. The van der Waals surface area contributed by atoms with Crippen molar-refractivity contribution in [2.45, 2.75) is 83.7 Å². The molecule has 114 valence electrons. The lowest BCUT2D eigenvalue weighted by atomic mass is 10.1. The van der Waals surface area contributed by atoms with Gasteiger partial charge in [-0.25, -0.2) is 0 Å². The van der Waals surface area contributed by atoms with Gasteiger partial charge in [0.15, 0.2) is 0 Å². The van der Waals surface area contributed by atoms with Crippen LogP contribution in [0.25, 0.3) is 0 Å². The highest BCUT2D eigenvalue weighted by Crippen LogP contribution is 2.42. The zero-order valence-electron chi connectivity index (χ0n) is 13.3. The second kappa shape index (κ2) is 6.19. The molecule has 0 aromatic carbocycles. The van der Waals surface area contributed by atoms with Gasteiger partial charge in [0.2, 0.25) is 0 Å². The fourth-order valence-corrected chi connectivity index (χ4v) is 3.72. The van der Waals surface area contributed by atoms with Gasteiger partial charge >= 0.3 is 0 Å². The standard InChI is InChI=1S/2C6H10O.C6H10/c2*1-4-2-5-6(3-4)7-5;1-6-4-2-3-5-6/h2*4-6H,2-3H2,1H3;2-3,6H,4-5H2,1H3/t2*4?,5-,6+;. The van der Waals surface area contributed by atoms with Crippen molar-refractivity contribution in [1.29, 1.82) is 0 Å². The van der Waals surface area contributed by atoms with Crippen molar-refractivity contribution in [3.63, 3.8) is 0 Å². The van der Waals surface area contributed by atoms with Crippen molar-refractivity contribution in [1.82, 2.24) is 0 Å². The van der Waals surface area contributed by atoms with Crippen molar-refractivity contribution in [2.24, 2.45) is 17.8 Å². The van der Waals surface area contributed by atoms with E-state index >= 15 is 0 Å². The third kappa shape index (κ3) is 4.08. The van der Waals surface area contributed by atoms with Gasteiger partial charge in [-0.15, -0.1) is 0 Å². The SMILES string of the molecule is CC1CC=CC1.CC1C[C@@H]2O[C@@H]2C1.CC1C[C@@H]2O[C@@H]2C1. The molecule has 5 rings (SSSR count). The first-order chi connectivity index (χ1) is 9.61. The Kier molecular flexibility index (Phi) is 4.52. The van der Waals surface area contributed by atoms with E-state index in [-0.39, 0.29) is 0 Å². The van der Waals surface area contributed by atoms with Gasteiger partial charge in [0.05, 0.1) is 24.4 Å². The Morgan fingerprint density at radius 1 is 0.600 bits per heavy atom. The van der Waals surface area contributed by atoms with Gasteiger partial charge in [0, 0.05) is 0 Å². The molecule has 2 heterocycles. The maximum atomic E-state index is 5.22. The molecule has 6 atom stereocenters. The van der Waals surface area contributed by atoms with Crippen LogP contribution in [0, 0.1) is 17.8 Å². The van der Waals surface area contributed by atoms with Crippen LogP contribution in [0.1, 0.15) is 59.3 Å². The molecule has 5 aliphatic rings. The number of rotatable bonds is 0. The van der Waals surface area contributed by atoms with Crippen molar-refractivity contribution >= 4 is 0 Å². The molecule has 2 aliphatic heterocycles. The number of ether oxygens (including phenoxy) is 2. The van der Waals surface area contributed by atoms with Crippen LogP contribution in [0.15, 0.2) is 12.2 Å². The number of epoxide rings is 2. The molecule has 0 spiro atoms. The maximum Gasteiger partial charge on any atom is 0.0844 e. The zero-order chi connectivity index (χ0) is 14.1. The Bertz CT molecular complexity index is 299. The number of hydrogen-bond donors (Lipinski definition) is 0. The molecule has 2 saturated heterocycles. The van der Waals surface area contributed by atoms with Crippen LogP contribution >= 0.6 is 0 Å². The van der Waals surface area contributed by atoms with Gasteiger partial charge in [0.25, 0.3) is 0 Å². The van der Waals surface area contributed by atoms with E-state index in [0.717, 1.165) is 17.8 Å². The molecule has 2 unspecified atom stereocenters. The second-order valence-electron chi connectivity index (χ2n) is 7.63. The van der Waals surface area contributed by atoms with E-state index in [1.165, 1.54) is 38.5 Å². The summed E-state index contributed by atoms with van der Waals surface area (Å²) in [5.74, 6) is 2.83. The van der Waals surface area contributed by atoms with Crippen molar-refractivity contribution < 1.29 is 9.47 Å². The predicted molar refractivity (Wildman–Crippen MR) is 81.7 cm³/mol. The van der Waals surface area contributed by atoms with Gasteiger partial charge in [-0.2, -0.15) is 0 Å². The van der Waals surface area contributed by atoms with Crippen molar-refractivity contribution in [3.05, 3.63) is 12.2 Å². The van der Waals surface area contributed by atoms with E-state index in [1.54, 1.807) is 0 Å². The Morgan fingerprint density at radius 2 is 0.950 bits per heavy atom. The van der Waals surface area contributed by atoms with E-state index in [2.05, 4.69) is 32.9 Å². The average Bonchev–Trinajstić information content (AvgIpc) is 3.11. The second-order valence-corrected chi connectivity index (χ2v) is 7.63. The van der Waals surface area contributed by atoms with Crippen LogP contribution < -0.4 is 0 Å². The minimum atomic E-state index is 0.690. The summed E-state index contributed by atoms with van der Waals surface area (Å²) >= 11 is 0. The predicted octanol–water partition coefficient (Wildman–Crippen LogP) is 4.34. The highest BCUT2D eigenvalue weighted by molar-refractivity contribution is 4.94. The first-order valence-corrected chi connectivity index (χ1v) is 8.57. The Balaban J connectivity index is 0.0000000913. The molecule has 0 bridgehead atoms. The molecule has 2 saturated carbocycles. The van der Waals surface area contributed by atoms with Crippen LogP contribution in [0.4, 0.5) is 0 Å². The molecule has 0 amide bonds. The monoisotopic (exact) mass is 278 g/mol. The highest BCUT2D eigenvalue weighted by Gasteiger charge is 2.46. The lowest BCUT2D eigenvalue weighted by molar-refractivity contribution is 0.283. The molecule has 0 aromatic rings. The lowest BCUT2D eigenvalue weighted by Gasteiger charge is -1.98. The summed E-state index contributed by atoms with van der Waals surface area (Å²) in [6.45, 7) is 6.88. The summed E-state index contributed by atoms with van der Waals surface area (Å²) in [6.07, 6.45) is 15.2. The quantitative estimate of drug-likeness (QED) is 0.486. The smallest absolute Gasteiger partial charge is 0.0844 e. The van der Waals surface area contributed by atoms with E-state index in [9.17, 15) is 0 Å². The molecule has 0 radical (unpaired) electrons. The molecule has 4 fully saturated rings. The molecule has 20 heavy (non-hydrogen) atoms. The number of hydrogen-bond acceptors (Lipinski definition) is 2. The van der Waals surface area contributed by atoms with Crippen LogP contribution in [-0.2, 0) is 9.47 Å². The summed E-state index contributed by atoms with van der Waals surface area (Å²) in [5, 5.41) is 0. The molecular formula is C18H30O2. The third-order valence-corrected chi connectivity index (χ3v) is 5.16. The normalized spacial score (nSPS) is 46.8. The van der Waals surface area contributed by atoms with Crippen molar-refractivity contribution in [2.75, 3.05) is 0 Å². The van der Waals surface area contributed by atoms with Crippen LogP contribution in [0.3, 0.4) is 0 Å².